The molecule has 2 nitrogen and oxygen atoms in total. The molecular formula is C10H13F2NO. The number of nitrogens with one attached hydrogen (secondary N) is 1. The molecule has 0 unspecified atom stereocenters. The van der Waals surface area contributed by atoms with E-state index < -0.39 is 17.7 Å². The summed E-state index contributed by atoms with van der Waals surface area (Å²) in [6, 6.07) is 3.36. The number of aliphatic hydroxyl groups is 1. The third kappa shape index (κ3) is 3.81. The summed E-state index contributed by atoms with van der Waals surface area (Å²) >= 11 is 0. The second-order valence-electron chi connectivity index (χ2n) is 3.26. The van der Waals surface area contributed by atoms with Gasteiger partial charge in [-0.05, 0) is 24.6 Å². The second-order valence-corrected chi connectivity index (χ2v) is 3.26. The first-order valence-electron chi connectivity index (χ1n) is 4.41. The lowest BCUT2D eigenvalue weighted by Crippen LogP contribution is -2.23. The number of rotatable bonds is 4. The van der Waals surface area contributed by atoms with E-state index in [1.807, 2.05) is 0 Å². The Labute approximate surface area is 81.6 Å². The van der Waals surface area contributed by atoms with Crippen LogP contribution in [0.3, 0.4) is 0 Å². The molecule has 1 aromatic rings. The Morgan fingerprint density at radius 1 is 1.29 bits per heavy atom. The molecule has 0 aromatic heterocycles. The van der Waals surface area contributed by atoms with Crippen molar-refractivity contribution in [3.63, 3.8) is 0 Å². The van der Waals surface area contributed by atoms with Gasteiger partial charge >= 0.3 is 0 Å². The number of hydrogen-bond acceptors (Lipinski definition) is 2. The summed E-state index contributed by atoms with van der Waals surface area (Å²) in [5, 5.41) is 11.8. The molecule has 0 heterocycles. The summed E-state index contributed by atoms with van der Waals surface area (Å²) in [5.41, 5.74) is 0.531. The topological polar surface area (TPSA) is 32.3 Å². The van der Waals surface area contributed by atoms with Crippen molar-refractivity contribution >= 4 is 0 Å². The van der Waals surface area contributed by atoms with Crippen LogP contribution in [0.15, 0.2) is 18.2 Å². The normalized spacial score (nSPS) is 12.9. The summed E-state index contributed by atoms with van der Waals surface area (Å²) in [7, 11) is 0. The van der Waals surface area contributed by atoms with Crippen LogP contribution >= 0.6 is 0 Å². The van der Waals surface area contributed by atoms with Gasteiger partial charge < -0.3 is 10.4 Å². The number of halogens is 2. The van der Waals surface area contributed by atoms with Gasteiger partial charge in [0.05, 0.1) is 6.10 Å². The van der Waals surface area contributed by atoms with Gasteiger partial charge in [-0.1, -0.05) is 0 Å². The molecule has 78 valence electrons. The lowest BCUT2D eigenvalue weighted by Gasteiger charge is -2.06. The first-order valence-corrected chi connectivity index (χ1v) is 4.41. The van der Waals surface area contributed by atoms with E-state index in [4.69, 9.17) is 5.11 Å². The zero-order chi connectivity index (χ0) is 10.6. The van der Waals surface area contributed by atoms with Crippen LogP contribution in [0.5, 0.6) is 0 Å². The molecule has 0 aliphatic rings. The quantitative estimate of drug-likeness (QED) is 0.772. The zero-order valence-corrected chi connectivity index (χ0v) is 7.93. The van der Waals surface area contributed by atoms with Crippen LogP contribution < -0.4 is 5.32 Å². The number of benzene rings is 1. The minimum absolute atomic E-state index is 0.347. The molecule has 14 heavy (non-hydrogen) atoms. The fraction of sp³-hybridized carbons (Fsp3) is 0.400. The van der Waals surface area contributed by atoms with E-state index >= 15 is 0 Å². The van der Waals surface area contributed by atoms with Crippen molar-refractivity contribution < 1.29 is 13.9 Å². The van der Waals surface area contributed by atoms with Crippen LogP contribution in [-0.2, 0) is 6.54 Å². The van der Waals surface area contributed by atoms with Crippen molar-refractivity contribution in [3.05, 3.63) is 35.4 Å². The Kier molecular flexibility index (Phi) is 3.98. The molecule has 1 aromatic carbocycles. The van der Waals surface area contributed by atoms with Crippen molar-refractivity contribution in [2.45, 2.75) is 19.6 Å². The van der Waals surface area contributed by atoms with Crippen LogP contribution in [0.4, 0.5) is 8.78 Å². The highest BCUT2D eigenvalue weighted by atomic mass is 19.1. The van der Waals surface area contributed by atoms with Crippen molar-refractivity contribution in [2.75, 3.05) is 6.54 Å². The summed E-state index contributed by atoms with van der Waals surface area (Å²) in [6.07, 6.45) is -0.464. The molecule has 0 bridgehead atoms. The van der Waals surface area contributed by atoms with Crippen LogP contribution in [-0.4, -0.2) is 17.8 Å². The van der Waals surface area contributed by atoms with E-state index in [2.05, 4.69) is 5.32 Å². The van der Waals surface area contributed by atoms with Crippen LogP contribution in [0.25, 0.3) is 0 Å². The van der Waals surface area contributed by atoms with E-state index in [-0.39, 0.29) is 0 Å². The van der Waals surface area contributed by atoms with Gasteiger partial charge in [0.2, 0.25) is 0 Å². The summed E-state index contributed by atoms with van der Waals surface area (Å²) in [6.45, 7) is 2.39. The third-order valence-electron chi connectivity index (χ3n) is 1.69. The fourth-order valence-corrected chi connectivity index (χ4v) is 1.14. The lowest BCUT2D eigenvalue weighted by atomic mass is 10.2. The third-order valence-corrected chi connectivity index (χ3v) is 1.69. The molecule has 0 saturated carbocycles. The Balaban J connectivity index is 2.50. The second kappa shape index (κ2) is 5.02. The van der Waals surface area contributed by atoms with Gasteiger partial charge in [0.1, 0.15) is 11.6 Å². The molecule has 0 radical (unpaired) electrons. The molecular weight excluding hydrogens is 188 g/mol. The molecule has 2 N–H and O–H groups in total. The van der Waals surface area contributed by atoms with Gasteiger partial charge in [-0.2, -0.15) is 0 Å². The molecule has 1 rings (SSSR count). The Morgan fingerprint density at radius 3 is 2.36 bits per heavy atom. The highest BCUT2D eigenvalue weighted by Gasteiger charge is 2.00. The highest BCUT2D eigenvalue weighted by Crippen LogP contribution is 2.07. The Morgan fingerprint density at radius 2 is 1.86 bits per heavy atom. The van der Waals surface area contributed by atoms with Crippen molar-refractivity contribution in [1.82, 2.24) is 5.32 Å². The SMILES string of the molecule is C[C@@H](O)CNCc1cc(F)cc(F)c1. The van der Waals surface area contributed by atoms with E-state index in [9.17, 15) is 8.78 Å². The average molecular weight is 201 g/mol. The van der Waals surface area contributed by atoms with E-state index in [0.29, 0.717) is 18.7 Å². The molecule has 0 spiro atoms. The molecule has 0 saturated heterocycles. The van der Waals surface area contributed by atoms with Crippen LogP contribution in [0, 0.1) is 11.6 Å². The standard InChI is InChI=1S/C10H13F2NO/c1-7(14)5-13-6-8-2-9(11)4-10(12)3-8/h2-4,7,13-14H,5-6H2,1H3/t7-/m1/s1. The molecule has 0 fully saturated rings. The Bertz CT molecular complexity index is 282. The maximum Gasteiger partial charge on any atom is 0.126 e. The largest absolute Gasteiger partial charge is 0.392 e. The van der Waals surface area contributed by atoms with E-state index in [0.717, 1.165) is 6.07 Å². The van der Waals surface area contributed by atoms with Crippen LogP contribution in [0.1, 0.15) is 12.5 Å². The lowest BCUT2D eigenvalue weighted by molar-refractivity contribution is 0.191. The van der Waals surface area contributed by atoms with Crippen molar-refractivity contribution in [3.8, 4) is 0 Å². The van der Waals surface area contributed by atoms with Crippen LogP contribution in [0.2, 0.25) is 0 Å². The fourth-order valence-electron chi connectivity index (χ4n) is 1.14. The van der Waals surface area contributed by atoms with E-state index in [1.165, 1.54) is 12.1 Å². The monoisotopic (exact) mass is 201 g/mol. The molecule has 4 heteroatoms. The first kappa shape index (κ1) is 11.1. The Hall–Kier alpha value is -1.00. The zero-order valence-electron chi connectivity index (χ0n) is 7.93. The summed E-state index contributed by atoms with van der Waals surface area (Å²) in [4.78, 5) is 0. The maximum atomic E-state index is 12.7. The van der Waals surface area contributed by atoms with Crippen molar-refractivity contribution in [2.24, 2.45) is 0 Å². The first-order chi connectivity index (χ1) is 6.58. The predicted octanol–water partition coefficient (Wildman–Crippen LogP) is 1.44. The molecule has 0 aliphatic carbocycles. The highest BCUT2D eigenvalue weighted by molar-refractivity contribution is 5.17. The van der Waals surface area contributed by atoms with Gasteiger partial charge in [-0.25, -0.2) is 8.78 Å². The van der Waals surface area contributed by atoms with Gasteiger partial charge in [-0.3, -0.25) is 0 Å². The molecule has 0 amide bonds. The van der Waals surface area contributed by atoms with Crippen molar-refractivity contribution in [1.29, 1.82) is 0 Å². The minimum atomic E-state index is -0.584. The number of hydrogen-bond donors (Lipinski definition) is 2. The molecule has 1 atom stereocenters. The predicted molar refractivity (Wildman–Crippen MR) is 49.7 cm³/mol. The maximum absolute atomic E-state index is 12.7. The van der Waals surface area contributed by atoms with Gasteiger partial charge in [-0.15, -0.1) is 0 Å². The average Bonchev–Trinajstić information content (AvgIpc) is 2.01. The summed E-state index contributed by atoms with van der Waals surface area (Å²) < 4.78 is 25.4. The van der Waals surface area contributed by atoms with Gasteiger partial charge in [0.25, 0.3) is 0 Å². The summed E-state index contributed by atoms with van der Waals surface area (Å²) in [5.74, 6) is -1.17. The van der Waals surface area contributed by atoms with Gasteiger partial charge in [0.15, 0.2) is 0 Å². The smallest absolute Gasteiger partial charge is 0.126 e. The molecule has 0 aliphatic heterocycles. The van der Waals surface area contributed by atoms with Gasteiger partial charge in [0, 0.05) is 19.2 Å². The minimum Gasteiger partial charge on any atom is -0.392 e. The number of aliphatic hydroxyl groups excluding tert-OH is 1. The van der Waals surface area contributed by atoms with E-state index in [1.54, 1.807) is 6.92 Å².